The van der Waals surface area contributed by atoms with E-state index in [-0.39, 0.29) is 57.0 Å². The van der Waals surface area contributed by atoms with Crippen LogP contribution in [-0.2, 0) is 17.8 Å². The van der Waals surface area contributed by atoms with E-state index in [2.05, 4.69) is 41.5 Å². The monoisotopic (exact) mass is 552 g/mol. The van der Waals surface area contributed by atoms with Crippen molar-refractivity contribution < 1.29 is 23.2 Å². The van der Waals surface area contributed by atoms with Gasteiger partial charge in [0.1, 0.15) is 17.1 Å². The fraction of sp³-hybridized carbons (Fsp3) is 0.793. The zero-order valence-electron chi connectivity index (χ0n) is 23.6. The third-order valence-corrected chi connectivity index (χ3v) is 7.87. The third kappa shape index (κ3) is 13.1. The molecule has 0 spiro atoms. The number of ether oxygens (including phenoxy) is 1. The summed E-state index contributed by atoms with van der Waals surface area (Å²) in [6.07, 6.45) is 14.1. The summed E-state index contributed by atoms with van der Waals surface area (Å²) < 4.78 is 29.4. The number of rotatable bonds is 12. The van der Waals surface area contributed by atoms with E-state index in [0.29, 0.717) is 5.75 Å². The Balaban J connectivity index is 0.00000227. The molecule has 0 amide bonds. The minimum absolute atomic E-state index is 0. The van der Waals surface area contributed by atoms with Gasteiger partial charge in [-0.1, -0.05) is 72.6 Å². The van der Waals surface area contributed by atoms with E-state index in [1.54, 1.807) is 0 Å². The average Bonchev–Trinajstić information content (AvgIpc) is 2.75. The molecule has 0 fully saturated rings. The van der Waals surface area contributed by atoms with Crippen molar-refractivity contribution in [2.45, 2.75) is 132 Å². The molecule has 5 nitrogen and oxygen atoms in total. The third-order valence-electron chi connectivity index (χ3n) is 7.87. The van der Waals surface area contributed by atoms with E-state index >= 15 is 0 Å². The number of benzene rings is 1. The van der Waals surface area contributed by atoms with Crippen LogP contribution in [0.1, 0.15) is 121 Å². The molecular formula is C29H53KO5S. The van der Waals surface area contributed by atoms with Gasteiger partial charge in [-0.05, 0) is 87.8 Å². The molecule has 0 saturated carbocycles. The van der Waals surface area contributed by atoms with Crippen molar-refractivity contribution in [3.63, 3.8) is 0 Å². The second-order valence-corrected chi connectivity index (χ2v) is 12.1. The first-order valence-corrected chi connectivity index (χ1v) is 14.6. The van der Waals surface area contributed by atoms with Crippen LogP contribution in [-0.4, -0.2) is 75.4 Å². The second kappa shape index (κ2) is 18.0. The van der Waals surface area contributed by atoms with Gasteiger partial charge in [0.05, 0.1) is 0 Å². The van der Waals surface area contributed by atoms with Gasteiger partial charge in [-0.2, -0.15) is 4.21 Å². The van der Waals surface area contributed by atoms with Gasteiger partial charge < -0.3 is 9.84 Å². The van der Waals surface area contributed by atoms with E-state index in [9.17, 15) is 5.11 Å². The molecule has 1 aliphatic rings. The van der Waals surface area contributed by atoms with Crippen LogP contribution in [0.3, 0.4) is 0 Å². The summed E-state index contributed by atoms with van der Waals surface area (Å²) >= 11 is -2.61. The van der Waals surface area contributed by atoms with Crippen LogP contribution in [0.25, 0.3) is 0 Å². The average molecular weight is 553 g/mol. The molecule has 0 radical (unpaired) electrons. The van der Waals surface area contributed by atoms with E-state index < -0.39 is 11.4 Å². The zero-order valence-corrected chi connectivity index (χ0v) is 24.4. The van der Waals surface area contributed by atoms with Crippen LogP contribution in [0, 0.1) is 38.5 Å². The molecule has 36 heavy (non-hydrogen) atoms. The number of aromatic hydroxyl groups is 1. The van der Waals surface area contributed by atoms with Gasteiger partial charge in [0.15, 0.2) is 0 Å². The molecule has 0 bridgehead atoms. The van der Waals surface area contributed by atoms with Crippen molar-refractivity contribution in [3.05, 3.63) is 22.3 Å². The SMILES string of the molecule is Cc1c(C)c2c(c(C)c1O)CC[C@@](C)(CCCC(C)CCCC(C)CCCC(C)C)O2.O=S(O)O.[KH]. The second-order valence-electron chi connectivity index (χ2n) is 11.7. The first kappa shape index (κ1) is 36.5. The van der Waals surface area contributed by atoms with Gasteiger partial charge in [0.2, 0.25) is 0 Å². The van der Waals surface area contributed by atoms with E-state index in [4.69, 9.17) is 18.1 Å². The predicted octanol–water partition coefficient (Wildman–Crippen LogP) is 7.87. The molecule has 0 aromatic heterocycles. The molecule has 1 heterocycles. The number of phenolic OH excluding ortho intramolecular Hbond substituents is 1. The Labute approximate surface area is 266 Å². The number of phenols is 1. The van der Waals surface area contributed by atoms with Gasteiger partial charge in [-0.15, -0.1) is 0 Å². The molecule has 1 aliphatic heterocycles. The summed E-state index contributed by atoms with van der Waals surface area (Å²) in [7, 11) is 0. The molecule has 0 saturated heterocycles. The maximum absolute atomic E-state index is 10.4. The van der Waals surface area contributed by atoms with Crippen LogP contribution in [0.5, 0.6) is 11.5 Å². The summed E-state index contributed by atoms with van der Waals surface area (Å²) in [5.74, 6) is 4.04. The van der Waals surface area contributed by atoms with Crippen LogP contribution >= 0.6 is 0 Å². The first-order chi connectivity index (χ1) is 16.3. The maximum atomic E-state index is 10.4. The molecule has 0 aliphatic carbocycles. The van der Waals surface area contributed by atoms with Gasteiger partial charge >= 0.3 is 51.4 Å². The van der Waals surface area contributed by atoms with Crippen molar-refractivity contribution >= 4 is 62.7 Å². The van der Waals surface area contributed by atoms with Gasteiger partial charge in [0.25, 0.3) is 11.4 Å². The van der Waals surface area contributed by atoms with Crippen molar-refractivity contribution in [2.24, 2.45) is 17.8 Å². The van der Waals surface area contributed by atoms with Gasteiger partial charge in [0, 0.05) is 5.56 Å². The fourth-order valence-corrected chi connectivity index (χ4v) is 5.27. The van der Waals surface area contributed by atoms with Crippen LogP contribution in [0.2, 0.25) is 0 Å². The van der Waals surface area contributed by atoms with Crippen LogP contribution in [0.15, 0.2) is 0 Å². The minimum atomic E-state index is -2.61. The van der Waals surface area contributed by atoms with E-state index in [0.717, 1.165) is 59.5 Å². The Morgan fingerprint density at radius 1 is 0.861 bits per heavy atom. The standard InChI is InChI=1S/C29H50O2.K.H2O3S.H/c1-20(2)12-9-13-21(3)14-10-15-22(4)16-11-18-29(8)19-17-26-25(7)27(30)23(5)24(6)28(26)31-29;;1-4(2)3;/h20-22,30H,9-19H2,1-8H3;;(H2,1,2,3);/t21?,22?,29-;;;/m1.../s1. The molecular weight excluding hydrogens is 499 g/mol. The Bertz CT molecular complexity index is 810. The molecule has 206 valence electrons. The predicted molar refractivity (Wildman–Crippen MR) is 155 cm³/mol. The Morgan fingerprint density at radius 3 is 1.83 bits per heavy atom. The first-order valence-electron chi connectivity index (χ1n) is 13.6. The normalized spacial score (nSPS) is 18.6. The van der Waals surface area contributed by atoms with Crippen LogP contribution in [0.4, 0.5) is 0 Å². The Morgan fingerprint density at radius 2 is 1.33 bits per heavy atom. The van der Waals surface area contributed by atoms with E-state index in [1.807, 2.05) is 13.8 Å². The van der Waals surface area contributed by atoms with Gasteiger partial charge in [-0.25, -0.2) is 0 Å². The summed E-state index contributed by atoms with van der Waals surface area (Å²) in [6.45, 7) is 17.9. The topological polar surface area (TPSA) is 87.0 Å². The fourth-order valence-electron chi connectivity index (χ4n) is 5.27. The quantitative estimate of drug-likeness (QED) is 0.181. The molecule has 1 aromatic rings. The number of fused-ring (bicyclic) bond motifs is 1. The number of hydrogen-bond donors (Lipinski definition) is 3. The van der Waals surface area contributed by atoms with Gasteiger partial charge in [-0.3, -0.25) is 9.11 Å². The summed E-state index contributed by atoms with van der Waals surface area (Å²) in [6, 6.07) is 0. The summed E-state index contributed by atoms with van der Waals surface area (Å²) in [4.78, 5) is 0. The van der Waals surface area contributed by atoms with Crippen LogP contribution < -0.4 is 4.74 Å². The Hall–Kier alpha value is 0.526. The molecule has 2 unspecified atom stereocenters. The van der Waals surface area contributed by atoms with Crippen molar-refractivity contribution in [2.75, 3.05) is 0 Å². The molecule has 7 heteroatoms. The molecule has 2 rings (SSSR count). The molecule has 1 aromatic carbocycles. The Kier molecular flexibility index (Phi) is 18.2. The summed E-state index contributed by atoms with van der Waals surface area (Å²) in [5.41, 5.74) is 4.23. The molecule has 3 N–H and O–H groups in total. The van der Waals surface area contributed by atoms with E-state index in [1.165, 1.54) is 56.9 Å². The number of hydrogen-bond acceptors (Lipinski definition) is 3. The summed E-state index contributed by atoms with van der Waals surface area (Å²) in [5, 5.41) is 10.4. The van der Waals surface area contributed by atoms with Crippen molar-refractivity contribution in [1.82, 2.24) is 0 Å². The van der Waals surface area contributed by atoms with Crippen molar-refractivity contribution in [3.8, 4) is 11.5 Å². The van der Waals surface area contributed by atoms with Crippen molar-refractivity contribution in [1.29, 1.82) is 0 Å². The zero-order chi connectivity index (χ0) is 26.8. The molecule has 3 atom stereocenters.